The lowest BCUT2D eigenvalue weighted by molar-refractivity contribution is 0.0664. The van der Waals surface area contributed by atoms with Gasteiger partial charge in [-0.3, -0.25) is 4.90 Å². The van der Waals surface area contributed by atoms with Crippen molar-refractivity contribution in [3.8, 4) is 0 Å². The molecule has 1 atom stereocenters. The van der Waals surface area contributed by atoms with Crippen molar-refractivity contribution in [1.29, 1.82) is 0 Å². The van der Waals surface area contributed by atoms with Gasteiger partial charge >= 0.3 is 0 Å². The lowest BCUT2D eigenvalue weighted by Gasteiger charge is -2.51. The first-order valence-electron chi connectivity index (χ1n) is 16.0. The zero-order valence-electron chi connectivity index (χ0n) is 25.7. The molecule has 0 aromatic heterocycles. The van der Waals surface area contributed by atoms with Crippen molar-refractivity contribution in [2.45, 2.75) is 75.3 Å². The van der Waals surface area contributed by atoms with Gasteiger partial charge in [0.2, 0.25) is 10.0 Å². The summed E-state index contributed by atoms with van der Waals surface area (Å²) in [6.07, 6.45) is 7.95. The summed E-state index contributed by atoms with van der Waals surface area (Å²) in [6.45, 7) is 5.95. The van der Waals surface area contributed by atoms with Crippen LogP contribution in [0.3, 0.4) is 0 Å². The van der Waals surface area contributed by atoms with Crippen LogP contribution in [0.5, 0.6) is 0 Å². The van der Waals surface area contributed by atoms with Crippen LogP contribution in [0.2, 0.25) is 0 Å². The Kier molecular flexibility index (Phi) is 10.5. The van der Waals surface area contributed by atoms with Crippen LogP contribution in [0.1, 0.15) is 74.1 Å². The second kappa shape index (κ2) is 14.5. The highest BCUT2D eigenvalue weighted by Crippen LogP contribution is 2.44. The molecule has 4 aromatic carbocycles. The van der Waals surface area contributed by atoms with E-state index in [1.165, 1.54) is 42.4 Å². The minimum absolute atomic E-state index is 0.123. The number of hydrogen-bond acceptors (Lipinski definition) is 3. The van der Waals surface area contributed by atoms with Crippen LogP contribution in [0.15, 0.2) is 120 Å². The maximum Gasteiger partial charge on any atom is 0.243 e. The first-order chi connectivity index (χ1) is 21.0. The number of sulfonamides is 1. The van der Waals surface area contributed by atoms with Crippen molar-refractivity contribution in [3.05, 3.63) is 138 Å². The van der Waals surface area contributed by atoms with Crippen LogP contribution in [0.25, 0.3) is 0 Å². The van der Waals surface area contributed by atoms with Crippen LogP contribution < -0.4 is 0 Å². The van der Waals surface area contributed by atoms with Crippen LogP contribution in [-0.4, -0.2) is 43.3 Å². The Labute approximate surface area is 259 Å². The minimum atomic E-state index is -3.64. The van der Waals surface area contributed by atoms with Gasteiger partial charge in [0.25, 0.3) is 0 Å². The fraction of sp³-hybridized carbons (Fsp3) is 0.368. The summed E-state index contributed by atoms with van der Waals surface area (Å²) in [5, 5.41) is 0. The molecule has 5 heteroatoms. The molecule has 0 amide bonds. The molecular formula is C38H46N2O2S. The van der Waals surface area contributed by atoms with E-state index in [0.29, 0.717) is 24.5 Å². The molecule has 0 saturated carbocycles. The van der Waals surface area contributed by atoms with E-state index in [9.17, 15) is 8.42 Å². The van der Waals surface area contributed by atoms with Gasteiger partial charge in [0.1, 0.15) is 0 Å². The Morgan fingerprint density at radius 3 is 1.65 bits per heavy atom. The second-order valence-electron chi connectivity index (χ2n) is 11.9. The number of nitrogens with zero attached hydrogens (tertiary/aromatic N) is 2. The molecule has 4 aromatic rings. The fourth-order valence-electron chi connectivity index (χ4n) is 6.79. The zero-order valence-corrected chi connectivity index (χ0v) is 26.6. The molecule has 5 rings (SSSR count). The molecule has 0 radical (unpaired) electrons. The Balaban J connectivity index is 1.56. The summed E-state index contributed by atoms with van der Waals surface area (Å²) in [5.74, 6) is 0. The van der Waals surface area contributed by atoms with Crippen molar-refractivity contribution in [3.63, 3.8) is 0 Å². The average molecular weight is 595 g/mol. The maximum absolute atomic E-state index is 14.2. The first kappa shape index (κ1) is 31.2. The fourth-order valence-corrected chi connectivity index (χ4v) is 8.42. The highest BCUT2D eigenvalue weighted by Gasteiger charge is 2.47. The van der Waals surface area contributed by atoms with Gasteiger partial charge in [0.15, 0.2) is 0 Å². The van der Waals surface area contributed by atoms with E-state index in [2.05, 4.69) is 103 Å². The van der Waals surface area contributed by atoms with Crippen molar-refractivity contribution in [2.75, 3.05) is 19.6 Å². The maximum atomic E-state index is 14.2. The Morgan fingerprint density at radius 2 is 1.14 bits per heavy atom. The molecule has 1 heterocycles. The molecule has 1 aliphatic heterocycles. The molecule has 1 saturated heterocycles. The Hall–Kier alpha value is -3.25. The lowest BCUT2D eigenvalue weighted by atomic mass is 9.75. The third-order valence-corrected chi connectivity index (χ3v) is 11.0. The largest absolute Gasteiger partial charge is 0.283 e. The molecule has 1 fully saturated rings. The predicted molar refractivity (Wildman–Crippen MR) is 178 cm³/mol. The average Bonchev–Trinajstić information content (AvgIpc) is 3.05. The number of benzene rings is 4. The molecular weight excluding hydrogens is 548 g/mol. The van der Waals surface area contributed by atoms with E-state index in [1.807, 2.05) is 23.4 Å². The van der Waals surface area contributed by atoms with Gasteiger partial charge in [0, 0.05) is 25.7 Å². The van der Waals surface area contributed by atoms with Crippen LogP contribution in [-0.2, 0) is 15.6 Å². The highest BCUT2D eigenvalue weighted by atomic mass is 32.2. The smallest absolute Gasteiger partial charge is 0.243 e. The van der Waals surface area contributed by atoms with Crippen LogP contribution in [0, 0.1) is 6.92 Å². The van der Waals surface area contributed by atoms with E-state index >= 15 is 0 Å². The van der Waals surface area contributed by atoms with Crippen molar-refractivity contribution >= 4 is 10.0 Å². The molecule has 226 valence electrons. The first-order valence-corrected chi connectivity index (χ1v) is 17.4. The minimum Gasteiger partial charge on any atom is -0.283 e. The molecule has 1 aliphatic rings. The number of aryl methyl sites for hydroxylation is 1. The van der Waals surface area contributed by atoms with Crippen molar-refractivity contribution < 1.29 is 8.42 Å². The molecule has 1 unspecified atom stereocenters. The molecule has 0 spiro atoms. The molecule has 0 N–H and O–H groups in total. The van der Waals surface area contributed by atoms with Crippen molar-refractivity contribution in [2.24, 2.45) is 0 Å². The summed E-state index contributed by atoms with van der Waals surface area (Å²) in [6, 6.07) is 39.4. The number of rotatable bonds is 13. The number of piperazine rings is 1. The zero-order chi connectivity index (χ0) is 30.1. The predicted octanol–water partition coefficient (Wildman–Crippen LogP) is 8.41. The summed E-state index contributed by atoms with van der Waals surface area (Å²) >= 11 is 0. The van der Waals surface area contributed by atoms with Gasteiger partial charge in [-0.2, -0.15) is 4.31 Å². The molecule has 4 nitrogen and oxygen atoms in total. The van der Waals surface area contributed by atoms with Gasteiger partial charge in [0.05, 0.1) is 10.4 Å². The Morgan fingerprint density at radius 1 is 0.651 bits per heavy atom. The van der Waals surface area contributed by atoms with Gasteiger partial charge in [-0.05, 0) is 42.2 Å². The second-order valence-corrected chi connectivity index (χ2v) is 13.8. The van der Waals surface area contributed by atoms with E-state index < -0.39 is 15.6 Å². The quantitative estimate of drug-likeness (QED) is 0.115. The van der Waals surface area contributed by atoms with E-state index in [1.54, 1.807) is 12.1 Å². The third kappa shape index (κ3) is 6.80. The van der Waals surface area contributed by atoms with Gasteiger partial charge < -0.3 is 0 Å². The Bertz CT molecular complexity index is 1410. The summed E-state index contributed by atoms with van der Waals surface area (Å²) in [4.78, 5) is 2.94. The van der Waals surface area contributed by atoms with Gasteiger partial charge in [-0.15, -0.1) is 0 Å². The molecule has 0 bridgehead atoms. The van der Waals surface area contributed by atoms with E-state index in [4.69, 9.17) is 0 Å². The highest BCUT2D eigenvalue weighted by molar-refractivity contribution is 7.89. The standard InChI is InChI=1S/C38H46N2O2S/c1-3-4-5-6-7-17-24-36-31-39(29-30-40(36)43(41,42)37-27-25-32(2)26-28-37)38(33-18-11-8-12-19-33,34-20-13-9-14-21-34)35-22-15-10-16-23-35/h8-16,18-23,25-28,36H,3-7,17,24,29-31H2,1-2H3. The monoisotopic (exact) mass is 594 g/mol. The number of unbranched alkanes of at least 4 members (excludes halogenated alkanes) is 5. The normalized spacial score (nSPS) is 16.7. The van der Waals surface area contributed by atoms with E-state index in [0.717, 1.165) is 24.8 Å². The van der Waals surface area contributed by atoms with Crippen molar-refractivity contribution in [1.82, 2.24) is 9.21 Å². The topological polar surface area (TPSA) is 40.6 Å². The third-order valence-electron chi connectivity index (χ3n) is 9.00. The van der Waals surface area contributed by atoms with E-state index in [-0.39, 0.29) is 6.04 Å². The summed E-state index contributed by atoms with van der Waals surface area (Å²) in [5.41, 5.74) is 4.09. The summed E-state index contributed by atoms with van der Waals surface area (Å²) in [7, 11) is -3.64. The SMILES string of the molecule is CCCCCCCCC1CN(C(c2ccccc2)(c2ccccc2)c2ccccc2)CCN1S(=O)(=O)c1ccc(C)cc1. The van der Waals surface area contributed by atoms with Crippen LogP contribution >= 0.6 is 0 Å². The molecule has 43 heavy (non-hydrogen) atoms. The van der Waals surface area contributed by atoms with Gasteiger partial charge in [-0.1, -0.05) is 154 Å². The van der Waals surface area contributed by atoms with Crippen LogP contribution in [0.4, 0.5) is 0 Å². The summed E-state index contributed by atoms with van der Waals surface area (Å²) < 4.78 is 30.1. The molecule has 0 aliphatic carbocycles. The number of hydrogen-bond donors (Lipinski definition) is 0. The van der Waals surface area contributed by atoms with Gasteiger partial charge in [-0.25, -0.2) is 8.42 Å². The lowest BCUT2D eigenvalue weighted by Crippen LogP contribution is -2.61.